The molecule has 0 saturated heterocycles. The van der Waals surface area contributed by atoms with Crippen molar-refractivity contribution in [3.8, 4) is 0 Å². The molecular weight excluding hydrogens is 322 g/mol. The molecule has 1 aliphatic rings. The molecule has 0 bridgehead atoms. The van der Waals surface area contributed by atoms with Gasteiger partial charge in [-0.1, -0.05) is 18.0 Å². The summed E-state index contributed by atoms with van der Waals surface area (Å²) in [5, 5.41) is 5.99. The minimum atomic E-state index is 0.0657. The van der Waals surface area contributed by atoms with Crippen LogP contribution in [0.25, 0.3) is 0 Å². The molecule has 1 aliphatic carbocycles. The largest absolute Gasteiger partial charge is 0.338 e. The molecule has 0 aliphatic heterocycles. The Balaban J connectivity index is 1.80. The zero-order valence-electron chi connectivity index (χ0n) is 15.2. The summed E-state index contributed by atoms with van der Waals surface area (Å²) in [7, 11) is 4.55. The van der Waals surface area contributed by atoms with Gasteiger partial charge in [-0.25, -0.2) is 0 Å². The maximum absolute atomic E-state index is 12.2. The van der Waals surface area contributed by atoms with Gasteiger partial charge in [0.25, 0.3) is 0 Å². The van der Waals surface area contributed by atoms with Crippen molar-refractivity contribution in [1.29, 1.82) is 0 Å². The second kappa shape index (κ2) is 8.84. The van der Waals surface area contributed by atoms with Crippen LogP contribution >= 0.6 is 11.6 Å². The van der Waals surface area contributed by atoms with E-state index in [0.29, 0.717) is 17.0 Å². The van der Waals surface area contributed by atoms with Crippen LogP contribution in [0.4, 0.5) is 5.69 Å². The fraction of sp³-hybridized carbons (Fsp3) is 0.632. The molecular formula is C19H32ClN3O+2. The Hall–Kier alpha value is -1.10. The first kappa shape index (κ1) is 19.2. The summed E-state index contributed by atoms with van der Waals surface area (Å²) < 4.78 is 0. The highest BCUT2D eigenvalue weighted by atomic mass is 35.5. The first-order valence-corrected chi connectivity index (χ1v) is 9.48. The van der Waals surface area contributed by atoms with Crippen LogP contribution in [0.1, 0.15) is 45.4 Å². The van der Waals surface area contributed by atoms with E-state index in [1.54, 1.807) is 17.0 Å². The number of anilines is 1. The molecule has 24 heavy (non-hydrogen) atoms. The number of hydrogen-bond acceptors (Lipinski definition) is 1. The Bertz CT molecular complexity index is 524. The van der Waals surface area contributed by atoms with Crippen molar-refractivity contribution in [3.63, 3.8) is 0 Å². The van der Waals surface area contributed by atoms with Gasteiger partial charge in [0.05, 0.1) is 26.6 Å². The maximum atomic E-state index is 12.2. The molecule has 2 rings (SSSR count). The predicted octanol–water partition coefficient (Wildman–Crippen LogP) is 1.47. The molecule has 0 aromatic heterocycles. The van der Waals surface area contributed by atoms with Gasteiger partial charge in [-0.3, -0.25) is 4.79 Å². The highest BCUT2D eigenvalue weighted by Gasteiger charge is 2.40. The summed E-state index contributed by atoms with van der Waals surface area (Å²) in [6.45, 7) is 3.24. The lowest BCUT2D eigenvalue weighted by molar-refractivity contribution is -0.936. The zero-order valence-corrected chi connectivity index (χ0v) is 16.0. The number of carbonyl (C=O) groups excluding carboxylic acids is 1. The van der Waals surface area contributed by atoms with Crippen LogP contribution in [0.5, 0.6) is 0 Å². The molecule has 1 aromatic rings. The first-order chi connectivity index (χ1) is 11.4. The molecule has 1 amide bonds. The van der Waals surface area contributed by atoms with E-state index < -0.39 is 0 Å². The SMILES string of the molecule is C[C@H](CC(=O)Nc1ccc(Cl)cc1)[NH2+]CC1([NH+](C)C)CCCCC1. The van der Waals surface area contributed by atoms with E-state index in [0.717, 1.165) is 12.2 Å². The molecule has 5 heteroatoms. The first-order valence-electron chi connectivity index (χ1n) is 9.11. The Morgan fingerprint density at radius 1 is 1.25 bits per heavy atom. The van der Waals surface area contributed by atoms with Crippen LogP contribution in [0, 0.1) is 0 Å². The number of nitrogens with one attached hydrogen (secondary N) is 2. The molecule has 1 fully saturated rings. The number of likely N-dealkylation sites (N-methyl/N-ethyl adjacent to an activating group) is 1. The Kier molecular flexibility index (Phi) is 7.08. The topological polar surface area (TPSA) is 50.1 Å². The van der Waals surface area contributed by atoms with E-state index >= 15 is 0 Å². The van der Waals surface area contributed by atoms with Gasteiger partial charge in [0, 0.05) is 23.6 Å². The third-order valence-electron chi connectivity index (χ3n) is 5.42. The highest BCUT2D eigenvalue weighted by molar-refractivity contribution is 6.30. The molecule has 4 nitrogen and oxygen atoms in total. The summed E-state index contributed by atoms with van der Waals surface area (Å²) in [5.41, 5.74) is 1.18. The van der Waals surface area contributed by atoms with Crippen molar-refractivity contribution < 1.29 is 15.0 Å². The van der Waals surface area contributed by atoms with Crippen molar-refractivity contribution >= 4 is 23.2 Å². The standard InChI is InChI=1S/C19H30ClN3O/c1-15(13-18(24)22-17-9-7-16(20)8-10-17)21-14-19(23(2)3)11-5-4-6-12-19/h7-10,15,21H,4-6,11-14H2,1-3H3,(H,22,24)/p+2/t15-/m1/s1. The van der Waals surface area contributed by atoms with Gasteiger partial charge in [-0.2, -0.15) is 0 Å². The molecule has 4 N–H and O–H groups in total. The normalized spacial score (nSPS) is 18.4. The number of hydrogen-bond donors (Lipinski definition) is 3. The average molecular weight is 354 g/mol. The Morgan fingerprint density at radius 2 is 1.88 bits per heavy atom. The van der Waals surface area contributed by atoms with Crippen LogP contribution in [0.2, 0.25) is 5.02 Å². The van der Waals surface area contributed by atoms with Crippen LogP contribution in [0.15, 0.2) is 24.3 Å². The number of nitrogens with two attached hydrogens (primary N) is 1. The van der Waals surface area contributed by atoms with Gasteiger partial charge in [0.1, 0.15) is 12.1 Å². The fourth-order valence-corrected chi connectivity index (χ4v) is 3.81. The number of halogens is 1. The summed E-state index contributed by atoms with van der Waals surface area (Å²) in [6.07, 6.45) is 7.18. The number of rotatable bonds is 7. The van der Waals surface area contributed by atoms with Crippen molar-refractivity contribution in [2.75, 3.05) is 26.0 Å². The Morgan fingerprint density at radius 3 is 2.46 bits per heavy atom. The second-order valence-electron chi connectivity index (χ2n) is 7.52. The maximum Gasteiger partial charge on any atom is 0.230 e. The minimum Gasteiger partial charge on any atom is -0.338 e. The summed E-state index contributed by atoms with van der Waals surface area (Å²) >= 11 is 5.87. The molecule has 0 heterocycles. The van der Waals surface area contributed by atoms with Gasteiger partial charge in [-0.05, 0) is 44.0 Å². The van der Waals surface area contributed by atoms with E-state index in [2.05, 4.69) is 31.7 Å². The molecule has 134 valence electrons. The van der Waals surface area contributed by atoms with Gasteiger partial charge in [0.15, 0.2) is 0 Å². The van der Waals surface area contributed by atoms with Crippen LogP contribution in [-0.4, -0.2) is 38.1 Å². The summed E-state index contributed by atoms with van der Waals surface area (Å²) in [5.74, 6) is 0.0657. The summed E-state index contributed by atoms with van der Waals surface area (Å²) in [6, 6.07) is 7.54. The van der Waals surface area contributed by atoms with Crippen molar-refractivity contribution in [1.82, 2.24) is 0 Å². The lowest BCUT2D eigenvalue weighted by atomic mass is 9.80. The van der Waals surface area contributed by atoms with E-state index in [9.17, 15) is 4.79 Å². The summed E-state index contributed by atoms with van der Waals surface area (Å²) in [4.78, 5) is 13.8. The lowest BCUT2D eigenvalue weighted by Gasteiger charge is -2.38. The minimum absolute atomic E-state index is 0.0657. The van der Waals surface area contributed by atoms with Crippen LogP contribution in [0.3, 0.4) is 0 Å². The van der Waals surface area contributed by atoms with Crippen LogP contribution < -0.4 is 15.5 Å². The lowest BCUT2D eigenvalue weighted by Crippen LogP contribution is -3.19. The van der Waals surface area contributed by atoms with E-state index in [1.807, 2.05) is 12.1 Å². The average Bonchev–Trinajstić information content (AvgIpc) is 2.56. The van der Waals surface area contributed by atoms with Crippen molar-refractivity contribution in [2.24, 2.45) is 0 Å². The van der Waals surface area contributed by atoms with E-state index in [4.69, 9.17) is 11.6 Å². The monoisotopic (exact) mass is 353 g/mol. The number of amides is 1. The van der Waals surface area contributed by atoms with Gasteiger partial charge >= 0.3 is 0 Å². The smallest absolute Gasteiger partial charge is 0.230 e. The van der Waals surface area contributed by atoms with Crippen molar-refractivity contribution in [2.45, 2.75) is 57.0 Å². The van der Waals surface area contributed by atoms with Crippen molar-refractivity contribution in [3.05, 3.63) is 29.3 Å². The fourth-order valence-electron chi connectivity index (χ4n) is 3.68. The predicted molar refractivity (Wildman–Crippen MR) is 99.6 cm³/mol. The number of quaternary nitrogens is 2. The number of carbonyl (C=O) groups is 1. The van der Waals surface area contributed by atoms with E-state index in [1.165, 1.54) is 32.1 Å². The molecule has 0 spiro atoms. The Labute approximate surface area is 150 Å². The molecule has 1 saturated carbocycles. The second-order valence-corrected chi connectivity index (χ2v) is 7.95. The van der Waals surface area contributed by atoms with Gasteiger partial charge in [-0.15, -0.1) is 0 Å². The third-order valence-corrected chi connectivity index (χ3v) is 5.67. The third kappa shape index (κ3) is 5.47. The highest BCUT2D eigenvalue weighted by Crippen LogP contribution is 2.24. The van der Waals surface area contributed by atoms with Crippen LogP contribution in [-0.2, 0) is 4.79 Å². The molecule has 0 radical (unpaired) electrons. The molecule has 0 unspecified atom stereocenters. The molecule has 1 aromatic carbocycles. The van der Waals surface area contributed by atoms with Gasteiger partial charge in [0.2, 0.25) is 5.91 Å². The zero-order chi connectivity index (χ0) is 17.6. The van der Waals surface area contributed by atoms with E-state index in [-0.39, 0.29) is 11.9 Å². The molecule has 1 atom stereocenters. The number of benzene rings is 1. The van der Waals surface area contributed by atoms with Gasteiger partial charge < -0.3 is 15.5 Å². The quantitative estimate of drug-likeness (QED) is 0.683.